The van der Waals surface area contributed by atoms with E-state index in [1.54, 1.807) is 0 Å². The largest absolute Gasteiger partial charge is 0.419 e. The molecule has 0 aliphatic heterocycles. The number of aryl methyl sites for hydroxylation is 1. The molecule has 1 aliphatic rings. The van der Waals surface area contributed by atoms with Crippen LogP contribution in [-0.4, -0.2) is 16.2 Å². The minimum atomic E-state index is 0.521. The third-order valence-corrected chi connectivity index (χ3v) is 3.09. The molecule has 3 rings (SSSR count). The van der Waals surface area contributed by atoms with E-state index in [0.29, 0.717) is 29.4 Å². The number of nitrogens with one attached hydrogen (secondary N) is 1. The highest BCUT2D eigenvalue weighted by Gasteiger charge is 2.21. The molecule has 4 nitrogen and oxygen atoms in total. The summed E-state index contributed by atoms with van der Waals surface area (Å²) < 4.78 is 5.61. The smallest absolute Gasteiger partial charge is 0.247 e. The molecule has 0 unspecified atom stereocenters. The zero-order valence-electron chi connectivity index (χ0n) is 10.1. The van der Waals surface area contributed by atoms with Crippen molar-refractivity contribution in [2.75, 3.05) is 0 Å². The molecule has 1 aromatic heterocycles. The van der Waals surface area contributed by atoms with Gasteiger partial charge in [-0.15, -0.1) is 10.2 Å². The molecule has 0 atom stereocenters. The van der Waals surface area contributed by atoms with Gasteiger partial charge in [-0.1, -0.05) is 11.6 Å². The number of rotatable bonds is 4. The van der Waals surface area contributed by atoms with Gasteiger partial charge in [0.05, 0.1) is 6.54 Å². The van der Waals surface area contributed by atoms with Crippen molar-refractivity contribution in [1.29, 1.82) is 0 Å². The molecule has 18 heavy (non-hydrogen) atoms. The van der Waals surface area contributed by atoms with Gasteiger partial charge in [-0.3, -0.25) is 0 Å². The average Bonchev–Trinajstić information content (AvgIpc) is 3.02. The van der Waals surface area contributed by atoms with Crippen LogP contribution in [0.1, 0.15) is 24.3 Å². The number of aromatic nitrogens is 2. The third kappa shape index (κ3) is 2.71. The van der Waals surface area contributed by atoms with E-state index in [0.717, 1.165) is 11.1 Å². The van der Waals surface area contributed by atoms with Crippen LogP contribution >= 0.6 is 11.6 Å². The van der Waals surface area contributed by atoms with Crippen molar-refractivity contribution in [3.63, 3.8) is 0 Å². The fourth-order valence-electron chi connectivity index (χ4n) is 1.82. The van der Waals surface area contributed by atoms with Crippen molar-refractivity contribution in [1.82, 2.24) is 15.5 Å². The van der Waals surface area contributed by atoms with Gasteiger partial charge < -0.3 is 9.73 Å². The highest BCUT2D eigenvalue weighted by molar-refractivity contribution is 6.30. The first-order chi connectivity index (χ1) is 8.70. The maximum atomic E-state index is 6.02. The molecule has 1 saturated carbocycles. The zero-order valence-corrected chi connectivity index (χ0v) is 10.9. The molecular weight excluding hydrogens is 250 g/mol. The summed E-state index contributed by atoms with van der Waals surface area (Å²) in [7, 11) is 0. The molecule has 1 fully saturated rings. The second-order valence-corrected chi connectivity index (χ2v) is 5.11. The Bertz CT molecular complexity index is 543. The van der Waals surface area contributed by atoms with Crippen LogP contribution in [0.15, 0.2) is 22.6 Å². The van der Waals surface area contributed by atoms with Gasteiger partial charge in [0.15, 0.2) is 0 Å². The molecule has 0 bridgehead atoms. The van der Waals surface area contributed by atoms with Crippen LogP contribution in [0, 0.1) is 6.92 Å². The summed E-state index contributed by atoms with van der Waals surface area (Å²) in [5.41, 5.74) is 1.94. The molecule has 1 heterocycles. The molecule has 1 aliphatic carbocycles. The van der Waals surface area contributed by atoms with E-state index in [2.05, 4.69) is 15.5 Å². The molecule has 1 N–H and O–H groups in total. The maximum Gasteiger partial charge on any atom is 0.247 e. The molecule has 94 valence electrons. The van der Waals surface area contributed by atoms with E-state index >= 15 is 0 Å². The van der Waals surface area contributed by atoms with E-state index in [-0.39, 0.29) is 0 Å². The molecule has 0 saturated heterocycles. The van der Waals surface area contributed by atoms with Gasteiger partial charge in [0.25, 0.3) is 0 Å². The summed E-state index contributed by atoms with van der Waals surface area (Å²) in [6, 6.07) is 6.35. The number of hydrogen-bond acceptors (Lipinski definition) is 4. The molecule has 0 radical (unpaired) electrons. The van der Waals surface area contributed by atoms with Crippen LogP contribution in [0.3, 0.4) is 0 Å². The number of benzene rings is 1. The first-order valence-corrected chi connectivity index (χ1v) is 6.42. The van der Waals surface area contributed by atoms with Crippen molar-refractivity contribution < 1.29 is 4.42 Å². The van der Waals surface area contributed by atoms with Gasteiger partial charge in [-0.05, 0) is 43.5 Å². The van der Waals surface area contributed by atoms with Gasteiger partial charge >= 0.3 is 0 Å². The lowest BCUT2D eigenvalue weighted by Crippen LogP contribution is -2.15. The van der Waals surface area contributed by atoms with Crippen LogP contribution in [0.2, 0.25) is 5.02 Å². The summed E-state index contributed by atoms with van der Waals surface area (Å²) in [5.74, 6) is 1.14. The van der Waals surface area contributed by atoms with Crippen LogP contribution < -0.4 is 5.32 Å². The predicted octanol–water partition coefficient (Wildman–Crippen LogP) is 2.95. The maximum absolute atomic E-state index is 6.02. The Morgan fingerprint density at radius 1 is 1.33 bits per heavy atom. The fraction of sp³-hybridized carbons (Fsp3) is 0.385. The quantitative estimate of drug-likeness (QED) is 0.921. The topological polar surface area (TPSA) is 51.0 Å². The summed E-state index contributed by atoms with van der Waals surface area (Å²) >= 11 is 6.02. The summed E-state index contributed by atoms with van der Waals surface area (Å²) in [6.07, 6.45) is 2.49. The first-order valence-electron chi connectivity index (χ1n) is 6.04. The predicted molar refractivity (Wildman–Crippen MR) is 69.3 cm³/mol. The van der Waals surface area contributed by atoms with E-state index in [9.17, 15) is 0 Å². The lowest BCUT2D eigenvalue weighted by atomic mass is 10.1. The average molecular weight is 264 g/mol. The van der Waals surface area contributed by atoms with Gasteiger partial charge in [0, 0.05) is 16.6 Å². The van der Waals surface area contributed by atoms with Crippen LogP contribution in [0.5, 0.6) is 0 Å². The van der Waals surface area contributed by atoms with Crippen molar-refractivity contribution in [2.45, 2.75) is 32.4 Å². The molecule has 0 amide bonds. The van der Waals surface area contributed by atoms with Crippen molar-refractivity contribution in [2.24, 2.45) is 0 Å². The lowest BCUT2D eigenvalue weighted by Gasteiger charge is -1.99. The lowest BCUT2D eigenvalue weighted by molar-refractivity contribution is 0.476. The second-order valence-electron chi connectivity index (χ2n) is 4.67. The Morgan fingerprint density at radius 2 is 2.17 bits per heavy atom. The second kappa shape index (κ2) is 4.71. The van der Waals surface area contributed by atoms with Crippen molar-refractivity contribution in [3.05, 3.63) is 34.7 Å². The van der Waals surface area contributed by atoms with Crippen LogP contribution in [-0.2, 0) is 6.54 Å². The molecule has 5 heteroatoms. The standard InChI is InChI=1S/C13H14ClN3O/c1-8-4-9(6-10(14)5-8)13-17-16-12(18-13)7-15-11-2-3-11/h4-6,11,15H,2-3,7H2,1H3. The van der Waals surface area contributed by atoms with Crippen molar-refractivity contribution in [3.8, 4) is 11.5 Å². The van der Waals surface area contributed by atoms with E-state index in [1.165, 1.54) is 12.8 Å². The fourth-order valence-corrected chi connectivity index (χ4v) is 2.11. The highest BCUT2D eigenvalue weighted by atomic mass is 35.5. The zero-order chi connectivity index (χ0) is 12.5. The molecule has 2 aromatic rings. The number of halogens is 1. The first kappa shape index (κ1) is 11.7. The van der Waals surface area contributed by atoms with Crippen molar-refractivity contribution >= 4 is 11.6 Å². The summed E-state index contributed by atoms with van der Waals surface area (Å²) in [4.78, 5) is 0. The van der Waals surface area contributed by atoms with Crippen LogP contribution in [0.25, 0.3) is 11.5 Å². The van der Waals surface area contributed by atoms with E-state index in [4.69, 9.17) is 16.0 Å². The Kier molecular flexibility index (Phi) is 3.06. The van der Waals surface area contributed by atoms with Gasteiger partial charge in [-0.25, -0.2) is 0 Å². The summed E-state index contributed by atoms with van der Waals surface area (Å²) in [6.45, 7) is 2.62. The Morgan fingerprint density at radius 3 is 2.89 bits per heavy atom. The minimum Gasteiger partial charge on any atom is -0.419 e. The van der Waals surface area contributed by atoms with Gasteiger partial charge in [0.1, 0.15) is 0 Å². The normalized spacial score (nSPS) is 15.0. The summed E-state index contributed by atoms with van der Waals surface area (Å²) in [5, 5.41) is 12.1. The Labute approximate surface area is 110 Å². The molecule has 0 spiro atoms. The minimum absolute atomic E-state index is 0.521. The Balaban J connectivity index is 1.78. The van der Waals surface area contributed by atoms with Crippen LogP contribution in [0.4, 0.5) is 0 Å². The van der Waals surface area contributed by atoms with E-state index < -0.39 is 0 Å². The van der Waals surface area contributed by atoms with Gasteiger partial charge in [0.2, 0.25) is 11.8 Å². The number of nitrogens with zero attached hydrogens (tertiary/aromatic N) is 2. The third-order valence-electron chi connectivity index (χ3n) is 2.88. The monoisotopic (exact) mass is 263 g/mol. The molecular formula is C13H14ClN3O. The van der Waals surface area contributed by atoms with E-state index in [1.807, 2.05) is 25.1 Å². The Hall–Kier alpha value is -1.39. The molecule has 1 aromatic carbocycles. The number of hydrogen-bond donors (Lipinski definition) is 1. The van der Waals surface area contributed by atoms with Gasteiger partial charge in [-0.2, -0.15) is 0 Å². The highest BCUT2D eigenvalue weighted by Crippen LogP contribution is 2.24. The SMILES string of the molecule is Cc1cc(Cl)cc(-c2nnc(CNC3CC3)o2)c1.